The van der Waals surface area contributed by atoms with Gasteiger partial charge < -0.3 is 10.4 Å². The largest absolute Gasteiger partial charge is 0.396 e. The second-order valence-corrected chi connectivity index (χ2v) is 4.10. The number of aromatic nitrogens is 2. The number of halogens is 1. The van der Waals surface area contributed by atoms with E-state index in [2.05, 4.69) is 15.3 Å². The number of nitrogens with one attached hydrogen (secondary N) is 1. The van der Waals surface area contributed by atoms with Crippen LogP contribution in [0.4, 0.5) is 5.82 Å². The Hall–Kier alpha value is -0.870. The highest BCUT2D eigenvalue weighted by Gasteiger charge is 2.05. The summed E-state index contributed by atoms with van der Waals surface area (Å²) in [6.45, 7) is 4.99. The molecule has 90 valence electrons. The van der Waals surface area contributed by atoms with Gasteiger partial charge in [-0.3, -0.25) is 0 Å². The minimum atomic E-state index is 0.261. The van der Waals surface area contributed by atoms with E-state index in [-0.39, 0.29) is 11.9 Å². The number of hydrogen-bond donors (Lipinski definition) is 2. The fourth-order valence-corrected chi connectivity index (χ4v) is 1.60. The van der Waals surface area contributed by atoms with Gasteiger partial charge >= 0.3 is 0 Å². The quantitative estimate of drug-likeness (QED) is 0.595. The predicted molar refractivity (Wildman–Crippen MR) is 65.9 cm³/mol. The van der Waals surface area contributed by atoms with Gasteiger partial charge in [0.1, 0.15) is 5.82 Å². The molecule has 0 aromatic carbocycles. The van der Waals surface area contributed by atoms with Crippen LogP contribution in [0.2, 0.25) is 5.28 Å². The lowest BCUT2D eigenvalue weighted by Gasteiger charge is -2.10. The van der Waals surface area contributed by atoms with Crippen LogP contribution < -0.4 is 5.32 Å². The maximum atomic E-state index is 8.64. The maximum absolute atomic E-state index is 8.64. The van der Waals surface area contributed by atoms with Gasteiger partial charge in [-0.1, -0.05) is 0 Å². The fourth-order valence-electron chi connectivity index (χ4n) is 1.39. The van der Waals surface area contributed by atoms with Crippen molar-refractivity contribution in [1.29, 1.82) is 0 Å². The highest BCUT2D eigenvalue weighted by atomic mass is 35.5. The molecule has 0 unspecified atom stereocenters. The number of unbranched alkanes of at least 4 members (excludes halogenated alkanes) is 2. The predicted octanol–water partition coefficient (Wildman–Crippen LogP) is 2.32. The van der Waals surface area contributed by atoms with E-state index in [4.69, 9.17) is 16.7 Å². The second kappa shape index (κ2) is 6.66. The summed E-state index contributed by atoms with van der Waals surface area (Å²) in [7, 11) is 0. The van der Waals surface area contributed by atoms with Crippen molar-refractivity contribution in [3.63, 3.8) is 0 Å². The summed E-state index contributed by atoms with van der Waals surface area (Å²) in [6, 6.07) is 0. The summed E-state index contributed by atoms with van der Waals surface area (Å²) in [6.07, 6.45) is 2.88. The first-order chi connectivity index (χ1) is 7.65. The van der Waals surface area contributed by atoms with Gasteiger partial charge in [0.05, 0.1) is 0 Å². The van der Waals surface area contributed by atoms with E-state index in [1.165, 1.54) is 0 Å². The van der Waals surface area contributed by atoms with Crippen LogP contribution in [0.15, 0.2) is 0 Å². The molecule has 0 aliphatic carbocycles. The van der Waals surface area contributed by atoms with Gasteiger partial charge in [0.2, 0.25) is 5.28 Å². The van der Waals surface area contributed by atoms with Crippen molar-refractivity contribution >= 4 is 17.4 Å². The summed E-state index contributed by atoms with van der Waals surface area (Å²) in [4.78, 5) is 8.22. The van der Waals surface area contributed by atoms with E-state index in [1.54, 1.807) is 0 Å². The van der Waals surface area contributed by atoms with E-state index >= 15 is 0 Å². The minimum Gasteiger partial charge on any atom is -0.396 e. The van der Waals surface area contributed by atoms with Crippen LogP contribution in [0.5, 0.6) is 0 Å². The Morgan fingerprint density at radius 3 is 2.62 bits per heavy atom. The topological polar surface area (TPSA) is 58.0 Å². The Balaban J connectivity index is 2.47. The minimum absolute atomic E-state index is 0.261. The highest BCUT2D eigenvalue weighted by Crippen LogP contribution is 2.16. The number of aliphatic hydroxyl groups is 1. The van der Waals surface area contributed by atoms with E-state index in [0.717, 1.165) is 42.9 Å². The molecular formula is C11H18ClN3O. The highest BCUT2D eigenvalue weighted by molar-refractivity contribution is 6.28. The molecule has 0 atom stereocenters. The van der Waals surface area contributed by atoms with Crippen molar-refractivity contribution in [2.75, 3.05) is 18.5 Å². The monoisotopic (exact) mass is 243 g/mol. The van der Waals surface area contributed by atoms with Gasteiger partial charge in [0.25, 0.3) is 0 Å². The molecule has 0 saturated carbocycles. The normalized spacial score (nSPS) is 10.5. The van der Waals surface area contributed by atoms with Crippen LogP contribution in [0.3, 0.4) is 0 Å². The molecule has 1 aromatic rings. The smallest absolute Gasteiger partial charge is 0.224 e. The third-order valence-corrected chi connectivity index (χ3v) is 2.66. The number of anilines is 1. The molecule has 1 aromatic heterocycles. The van der Waals surface area contributed by atoms with Gasteiger partial charge in [-0.25, -0.2) is 9.97 Å². The van der Waals surface area contributed by atoms with Crippen LogP contribution in [-0.2, 0) is 0 Å². The van der Waals surface area contributed by atoms with Crippen molar-refractivity contribution in [2.45, 2.75) is 33.1 Å². The van der Waals surface area contributed by atoms with Gasteiger partial charge in [-0.05, 0) is 44.7 Å². The molecular weight excluding hydrogens is 226 g/mol. The molecule has 2 N–H and O–H groups in total. The molecule has 16 heavy (non-hydrogen) atoms. The van der Waals surface area contributed by atoms with Crippen molar-refractivity contribution in [2.24, 2.45) is 0 Å². The third kappa shape index (κ3) is 3.94. The van der Waals surface area contributed by atoms with Gasteiger partial charge in [-0.2, -0.15) is 0 Å². The molecule has 0 radical (unpaired) electrons. The van der Waals surface area contributed by atoms with E-state index in [1.807, 2.05) is 13.8 Å². The van der Waals surface area contributed by atoms with E-state index in [0.29, 0.717) is 0 Å². The molecule has 0 spiro atoms. The Morgan fingerprint density at radius 1 is 1.19 bits per heavy atom. The standard InChI is InChI=1S/C11H18ClN3O/c1-8-9(2)14-11(12)15-10(8)13-6-4-3-5-7-16/h16H,3-7H2,1-2H3,(H,13,14,15). The number of aliphatic hydroxyl groups excluding tert-OH is 1. The molecule has 4 nitrogen and oxygen atoms in total. The van der Waals surface area contributed by atoms with Crippen LogP contribution >= 0.6 is 11.6 Å². The lowest BCUT2D eigenvalue weighted by molar-refractivity contribution is 0.283. The zero-order valence-electron chi connectivity index (χ0n) is 9.76. The van der Waals surface area contributed by atoms with Gasteiger partial charge in [-0.15, -0.1) is 0 Å². The maximum Gasteiger partial charge on any atom is 0.224 e. The second-order valence-electron chi connectivity index (χ2n) is 3.76. The van der Waals surface area contributed by atoms with Crippen LogP contribution in [0.1, 0.15) is 30.5 Å². The summed E-state index contributed by atoms with van der Waals surface area (Å²) < 4.78 is 0. The summed E-state index contributed by atoms with van der Waals surface area (Å²) >= 11 is 5.79. The molecule has 5 heteroatoms. The fraction of sp³-hybridized carbons (Fsp3) is 0.636. The Morgan fingerprint density at radius 2 is 1.94 bits per heavy atom. The molecule has 0 aliphatic heterocycles. The molecule has 0 aliphatic rings. The third-order valence-electron chi connectivity index (χ3n) is 2.49. The summed E-state index contributed by atoms with van der Waals surface area (Å²) in [5, 5.41) is 12.2. The summed E-state index contributed by atoms with van der Waals surface area (Å²) in [5.41, 5.74) is 1.93. The van der Waals surface area contributed by atoms with Crippen LogP contribution in [0, 0.1) is 13.8 Å². The average molecular weight is 244 g/mol. The van der Waals surface area contributed by atoms with Gasteiger partial charge in [0.15, 0.2) is 0 Å². The van der Waals surface area contributed by atoms with Crippen LogP contribution in [-0.4, -0.2) is 28.2 Å². The van der Waals surface area contributed by atoms with E-state index in [9.17, 15) is 0 Å². The van der Waals surface area contributed by atoms with Crippen molar-refractivity contribution in [3.05, 3.63) is 16.5 Å². The molecule has 0 fully saturated rings. The Kier molecular flexibility index (Phi) is 5.49. The lowest BCUT2D eigenvalue weighted by atomic mass is 10.2. The van der Waals surface area contributed by atoms with E-state index < -0.39 is 0 Å². The zero-order chi connectivity index (χ0) is 12.0. The first kappa shape index (κ1) is 13.2. The molecule has 1 rings (SSSR count). The number of nitrogens with zero attached hydrogens (tertiary/aromatic N) is 2. The molecule has 0 bridgehead atoms. The Bertz CT molecular complexity index is 344. The average Bonchev–Trinajstić information content (AvgIpc) is 2.24. The molecule has 1 heterocycles. The zero-order valence-corrected chi connectivity index (χ0v) is 10.5. The van der Waals surface area contributed by atoms with Crippen molar-refractivity contribution < 1.29 is 5.11 Å². The Labute approximate surface area is 101 Å². The van der Waals surface area contributed by atoms with Crippen molar-refractivity contribution in [1.82, 2.24) is 9.97 Å². The number of aryl methyl sites for hydroxylation is 1. The molecule has 0 saturated heterocycles. The molecule has 0 amide bonds. The number of rotatable bonds is 6. The lowest BCUT2D eigenvalue weighted by Crippen LogP contribution is -2.07. The van der Waals surface area contributed by atoms with Gasteiger partial charge in [0, 0.05) is 24.4 Å². The number of hydrogen-bond acceptors (Lipinski definition) is 4. The van der Waals surface area contributed by atoms with Crippen molar-refractivity contribution in [3.8, 4) is 0 Å². The van der Waals surface area contributed by atoms with Crippen LogP contribution in [0.25, 0.3) is 0 Å². The first-order valence-electron chi connectivity index (χ1n) is 5.50. The SMILES string of the molecule is Cc1nc(Cl)nc(NCCCCCO)c1C. The summed E-state index contributed by atoms with van der Waals surface area (Å²) in [5.74, 6) is 0.807. The first-order valence-corrected chi connectivity index (χ1v) is 5.88.